The molecule has 0 radical (unpaired) electrons. The van der Waals surface area contributed by atoms with E-state index in [2.05, 4.69) is 9.97 Å². The number of hydrogen-bond donors (Lipinski definition) is 0. The summed E-state index contributed by atoms with van der Waals surface area (Å²) in [5.74, 6) is 0.0470. The zero-order valence-corrected chi connectivity index (χ0v) is 10.1. The van der Waals surface area contributed by atoms with Crippen LogP contribution in [0.3, 0.4) is 0 Å². The molecule has 1 unspecified atom stereocenters. The largest absolute Gasteiger partial charge is 0.292 e. The van der Waals surface area contributed by atoms with Gasteiger partial charge in [-0.2, -0.15) is 9.90 Å². The van der Waals surface area contributed by atoms with Gasteiger partial charge in [-0.05, 0) is 18.2 Å². The number of carbonyl (C=O) groups excluding carboxylic acids is 1. The van der Waals surface area contributed by atoms with Crippen molar-refractivity contribution in [3.8, 4) is 0 Å². The number of ketones is 1. The fraction of sp³-hybridized carbons (Fsp3) is 0.0833. The van der Waals surface area contributed by atoms with Gasteiger partial charge in [-0.25, -0.2) is 9.97 Å². The standard InChI is InChI=1S/C12H8N2O.H3P/c15-11-7-3-6-10-12(11)14-9-5-2-1-4-8(9)13-10;/h1-6H,7H2;1H3. The van der Waals surface area contributed by atoms with E-state index in [0.29, 0.717) is 17.8 Å². The minimum atomic E-state index is 0. The summed E-state index contributed by atoms with van der Waals surface area (Å²) in [5, 5.41) is 0. The molecule has 0 aliphatic heterocycles. The van der Waals surface area contributed by atoms with E-state index in [4.69, 9.17) is 0 Å². The van der Waals surface area contributed by atoms with Crippen molar-refractivity contribution in [3.05, 3.63) is 41.7 Å². The summed E-state index contributed by atoms with van der Waals surface area (Å²) in [5.41, 5.74) is 2.79. The van der Waals surface area contributed by atoms with E-state index in [0.717, 1.165) is 11.0 Å². The molecule has 1 aromatic heterocycles. The molecule has 1 heterocycles. The van der Waals surface area contributed by atoms with Crippen molar-refractivity contribution in [2.45, 2.75) is 6.42 Å². The van der Waals surface area contributed by atoms with E-state index in [-0.39, 0.29) is 15.7 Å². The molecule has 16 heavy (non-hydrogen) atoms. The van der Waals surface area contributed by atoms with Crippen LogP contribution < -0.4 is 0 Å². The molecule has 1 atom stereocenters. The lowest BCUT2D eigenvalue weighted by molar-refractivity contribution is 0.0989. The minimum Gasteiger partial charge on any atom is -0.292 e. The normalized spacial score (nSPS) is 13.4. The van der Waals surface area contributed by atoms with Crippen molar-refractivity contribution in [2.24, 2.45) is 0 Å². The van der Waals surface area contributed by atoms with E-state index in [9.17, 15) is 4.79 Å². The maximum Gasteiger partial charge on any atom is 0.187 e. The fourth-order valence-electron chi connectivity index (χ4n) is 1.71. The van der Waals surface area contributed by atoms with Gasteiger partial charge in [0.1, 0.15) is 5.69 Å². The van der Waals surface area contributed by atoms with Crippen LogP contribution in [0, 0.1) is 0 Å². The molecule has 0 bridgehead atoms. The van der Waals surface area contributed by atoms with E-state index in [1.54, 1.807) is 0 Å². The number of aromatic nitrogens is 2. The molecule has 3 nitrogen and oxygen atoms in total. The number of para-hydroxylation sites is 2. The Hall–Kier alpha value is -1.60. The van der Waals surface area contributed by atoms with E-state index < -0.39 is 0 Å². The predicted octanol–water partition coefficient (Wildman–Crippen LogP) is 2.29. The topological polar surface area (TPSA) is 42.9 Å². The van der Waals surface area contributed by atoms with Crippen LogP contribution in [-0.2, 0) is 0 Å². The van der Waals surface area contributed by atoms with Crippen LogP contribution >= 0.6 is 9.90 Å². The molecule has 1 aliphatic rings. The van der Waals surface area contributed by atoms with Crippen LogP contribution in [0.2, 0.25) is 0 Å². The second kappa shape index (κ2) is 4.11. The average Bonchev–Trinajstić information content (AvgIpc) is 2.27. The highest BCUT2D eigenvalue weighted by Gasteiger charge is 2.16. The second-order valence-corrected chi connectivity index (χ2v) is 3.48. The van der Waals surface area contributed by atoms with Crippen LogP contribution in [0.5, 0.6) is 0 Å². The van der Waals surface area contributed by atoms with Gasteiger partial charge in [-0.1, -0.05) is 18.2 Å². The molecule has 0 amide bonds. The van der Waals surface area contributed by atoms with Gasteiger partial charge in [0.2, 0.25) is 0 Å². The highest BCUT2D eigenvalue weighted by Crippen LogP contribution is 2.18. The summed E-state index contributed by atoms with van der Waals surface area (Å²) < 4.78 is 0. The van der Waals surface area contributed by atoms with E-state index in [1.165, 1.54) is 0 Å². The van der Waals surface area contributed by atoms with Gasteiger partial charge in [0.05, 0.1) is 16.7 Å². The third-order valence-corrected chi connectivity index (χ3v) is 2.44. The third-order valence-electron chi connectivity index (χ3n) is 2.44. The molecule has 1 aliphatic carbocycles. The monoisotopic (exact) mass is 230 g/mol. The molecule has 0 fully saturated rings. The molecule has 0 spiro atoms. The highest BCUT2D eigenvalue weighted by molar-refractivity contribution is 6.92. The first-order valence-corrected chi connectivity index (χ1v) is 4.81. The van der Waals surface area contributed by atoms with Gasteiger partial charge in [0, 0.05) is 6.42 Å². The predicted molar refractivity (Wildman–Crippen MR) is 68.6 cm³/mol. The molecular weight excluding hydrogens is 219 g/mol. The Kier molecular flexibility index (Phi) is 2.80. The Morgan fingerprint density at radius 3 is 2.50 bits per heavy atom. The Bertz CT molecular complexity index is 593. The first-order chi connectivity index (χ1) is 7.34. The number of nitrogens with zero attached hydrogens (tertiary/aromatic N) is 2. The molecule has 4 heteroatoms. The number of benzene rings is 1. The number of allylic oxidation sites excluding steroid dienone is 1. The van der Waals surface area contributed by atoms with Crippen LogP contribution in [0.25, 0.3) is 17.1 Å². The van der Waals surface area contributed by atoms with Gasteiger partial charge in [0.25, 0.3) is 0 Å². The SMILES string of the molecule is O=C1CC=Cc2nc3ccccc3nc21.P. The number of rotatable bonds is 0. The highest BCUT2D eigenvalue weighted by atomic mass is 31.0. The van der Waals surface area contributed by atoms with Crippen LogP contribution in [0.4, 0.5) is 0 Å². The lowest BCUT2D eigenvalue weighted by atomic mass is 10.1. The maximum atomic E-state index is 11.6. The van der Waals surface area contributed by atoms with E-state index in [1.807, 2.05) is 36.4 Å². The summed E-state index contributed by atoms with van der Waals surface area (Å²) in [6.45, 7) is 0. The number of hydrogen-bond acceptors (Lipinski definition) is 3. The van der Waals surface area contributed by atoms with Crippen molar-refractivity contribution in [1.82, 2.24) is 9.97 Å². The molecule has 80 valence electrons. The Morgan fingerprint density at radius 1 is 1.06 bits per heavy atom. The third kappa shape index (κ3) is 1.63. The van der Waals surface area contributed by atoms with Crippen molar-refractivity contribution in [1.29, 1.82) is 0 Å². The number of carbonyl (C=O) groups is 1. The Balaban J connectivity index is 0.000000963. The van der Waals surface area contributed by atoms with Gasteiger partial charge < -0.3 is 0 Å². The molecule has 3 rings (SSSR count). The average molecular weight is 230 g/mol. The smallest absolute Gasteiger partial charge is 0.187 e. The zero-order chi connectivity index (χ0) is 10.3. The van der Waals surface area contributed by atoms with Gasteiger partial charge >= 0.3 is 0 Å². The van der Waals surface area contributed by atoms with Crippen molar-refractivity contribution in [3.63, 3.8) is 0 Å². The number of fused-ring (bicyclic) bond motifs is 2. The molecule has 2 aromatic rings. The molecular formula is C12H11N2OP. The number of Topliss-reactive ketones (excluding diaryl/α,β-unsaturated/α-hetero) is 1. The molecule has 0 saturated heterocycles. The Labute approximate surface area is 96.2 Å². The lowest BCUT2D eigenvalue weighted by Crippen LogP contribution is -2.09. The van der Waals surface area contributed by atoms with Gasteiger partial charge in [-0.15, -0.1) is 0 Å². The van der Waals surface area contributed by atoms with E-state index >= 15 is 0 Å². The first-order valence-electron chi connectivity index (χ1n) is 4.81. The van der Waals surface area contributed by atoms with Crippen molar-refractivity contribution < 1.29 is 4.79 Å². The molecule has 0 N–H and O–H groups in total. The summed E-state index contributed by atoms with van der Waals surface area (Å²) in [6.07, 6.45) is 4.12. The van der Waals surface area contributed by atoms with Gasteiger partial charge in [0.15, 0.2) is 5.78 Å². The van der Waals surface area contributed by atoms with Crippen LogP contribution in [0.1, 0.15) is 22.6 Å². The zero-order valence-electron chi connectivity index (χ0n) is 8.68. The maximum absolute atomic E-state index is 11.6. The second-order valence-electron chi connectivity index (χ2n) is 3.48. The van der Waals surface area contributed by atoms with Crippen LogP contribution in [-0.4, -0.2) is 15.8 Å². The lowest BCUT2D eigenvalue weighted by Gasteiger charge is -2.08. The quantitative estimate of drug-likeness (QED) is 0.652. The molecule has 0 saturated carbocycles. The van der Waals surface area contributed by atoms with Crippen LogP contribution in [0.15, 0.2) is 30.3 Å². The summed E-state index contributed by atoms with van der Waals surface area (Å²) in [4.78, 5) is 20.3. The van der Waals surface area contributed by atoms with Crippen molar-refractivity contribution in [2.75, 3.05) is 0 Å². The molecule has 1 aromatic carbocycles. The summed E-state index contributed by atoms with van der Waals surface area (Å²) in [7, 11) is 0. The minimum absolute atomic E-state index is 0. The fourth-order valence-corrected chi connectivity index (χ4v) is 1.71. The summed E-state index contributed by atoms with van der Waals surface area (Å²) >= 11 is 0. The summed E-state index contributed by atoms with van der Waals surface area (Å²) in [6, 6.07) is 7.58. The van der Waals surface area contributed by atoms with Crippen molar-refractivity contribution >= 4 is 32.8 Å². The Morgan fingerprint density at radius 2 is 1.75 bits per heavy atom. The first kappa shape index (κ1) is 10.9. The van der Waals surface area contributed by atoms with Gasteiger partial charge in [-0.3, -0.25) is 4.79 Å².